The SMILES string of the molecule is COc1ccccc1CCCC1=C2C(=CC=CC1)CCCN=C2C. The first-order valence-corrected chi connectivity index (χ1v) is 9.01. The molecule has 0 bridgehead atoms. The van der Waals surface area contributed by atoms with E-state index in [2.05, 4.69) is 43.4 Å². The second-order valence-electron chi connectivity index (χ2n) is 6.54. The number of hydrogen-bond acceptors (Lipinski definition) is 2. The Bertz CT molecular complexity index is 706. The van der Waals surface area contributed by atoms with Crippen LogP contribution in [0.2, 0.25) is 0 Å². The molecule has 3 rings (SSSR count). The molecule has 1 aliphatic heterocycles. The maximum Gasteiger partial charge on any atom is 0.122 e. The zero-order valence-corrected chi connectivity index (χ0v) is 14.8. The summed E-state index contributed by atoms with van der Waals surface area (Å²) in [5, 5.41) is 0. The van der Waals surface area contributed by atoms with Crippen LogP contribution >= 0.6 is 0 Å². The van der Waals surface area contributed by atoms with Crippen molar-refractivity contribution >= 4 is 5.71 Å². The Balaban J connectivity index is 1.76. The summed E-state index contributed by atoms with van der Waals surface area (Å²) in [5.74, 6) is 1.00. The number of methoxy groups -OCH3 is 1. The molecule has 1 heterocycles. The summed E-state index contributed by atoms with van der Waals surface area (Å²) < 4.78 is 5.48. The predicted octanol–water partition coefficient (Wildman–Crippen LogP) is 5.46. The van der Waals surface area contributed by atoms with Crippen molar-refractivity contribution in [3.05, 3.63) is 64.8 Å². The largest absolute Gasteiger partial charge is 0.496 e. The highest BCUT2D eigenvalue weighted by Gasteiger charge is 2.17. The summed E-state index contributed by atoms with van der Waals surface area (Å²) in [6, 6.07) is 8.35. The lowest BCUT2D eigenvalue weighted by Gasteiger charge is -2.15. The first-order chi connectivity index (χ1) is 11.8. The molecular weight excluding hydrogens is 294 g/mol. The second-order valence-corrected chi connectivity index (χ2v) is 6.54. The van der Waals surface area contributed by atoms with Crippen LogP contribution in [0.25, 0.3) is 0 Å². The van der Waals surface area contributed by atoms with Crippen LogP contribution in [0, 0.1) is 0 Å². The number of allylic oxidation sites excluding steroid dienone is 6. The smallest absolute Gasteiger partial charge is 0.122 e. The quantitative estimate of drug-likeness (QED) is 0.706. The van der Waals surface area contributed by atoms with E-state index in [9.17, 15) is 0 Å². The Kier molecular flexibility index (Phi) is 5.68. The molecule has 0 N–H and O–H groups in total. The highest BCUT2D eigenvalue weighted by molar-refractivity contribution is 6.03. The summed E-state index contributed by atoms with van der Waals surface area (Å²) >= 11 is 0. The zero-order chi connectivity index (χ0) is 16.8. The fourth-order valence-electron chi connectivity index (χ4n) is 3.73. The number of aryl methyl sites for hydroxylation is 1. The Hall–Kier alpha value is -2.09. The van der Waals surface area contributed by atoms with E-state index in [0.29, 0.717) is 0 Å². The molecule has 1 aromatic carbocycles. The molecule has 1 aliphatic carbocycles. The first-order valence-electron chi connectivity index (χ1n) is 9.01. The van der Waals surface area contributed by atoms with Gasteiger partial charge in [0.2, 0.25) is 0 Å². The molecule has 0 atom stereocenters. The van der Waals surface area contributed by atoms with Gasteiger partial charge in [-0.2, -0.15) is 0 Å². The van der Waals surface area contributed by atoms with Crippen LogP contribution in [-0.4, -0.2) is 19.4 Å². The molecule has 0 aromatic heterocycles. The average molecular weight is 321 g/mol. The highest BCUT2D eigenvalue weighted by Crippen LogP contribution is 2.31. The maximum absolute atomic E-state index is 5.48. The lowest BCUT2D eigenvalue weighted by Crippen LogP contribution is -2.04. The standard InChI is InChI=1S/C22H27NO/c1-17-22-19(10-3-4-11-20(22)14-8-16-23-17)13-7-12-18-9-5-6-15-21(18)24-2/h3-6,9,11,15H,7-8,10,12-14,16H2,1-2H3. The number of para-hydroxylation sites is 1. The van der Waals surface area contributed by atoms with Gasteiger partial charge < -0.3 is 4.74 Å². The van der Waals surface area contributed by atoms with Crippen LogP contribution in [0.5, 0.6) is 5.75 Å². The fourth-order valence-corrected chi connectivity index (χ4v) is 3.73. The summed E-state index contributed by atoms with van der Waals surface area (Å²) in [7, 11) is 1.75. The van der Waals surface area contributed by atoms with Gasteiger partial charge in [-0.3, -0.25) is 4.99 Å². The van der Waals surface area contributed by atoms with Crippen molar-refractivity contribution in [2.75, 3.05) is 13.7 Å². The molecule has 0 radical (unpaired) electrons. The van der Waals surface area contributed by atoms with Gasteiger partial charge in [-0.1, -0.05) is 42.0 Å². The van der Waals surface area contributed by atoms with Gasteiger partial charge in [0.05, 0.1) is 7.11 Å². The highest BCUT2D eigenvalue weighted by atomic mass is 16.5. The Labute approximate surface area is 145 Å². The molecular formula is C22H27NO. The van der Waals surface area contributed by atoms with Gasteiger partial charge >= 0.3 is 0 Å². The molecule has 2 aliphatic rings. The van der Waals surface area contributed by atoms with Crippen LogP contribution < -0.4 is 4.74 Å². The second kappa shape index (κ2) is 8.14. The van der Waals surface area contributed by atoms with Crippen molar-refractivity contribution in [1.82, 2.24) is 0 Å². The third kappa shape index (κ3) is 3.87. The summed E-state index contributed by atoms with van der Waals surface area (Å²) in [6.45, 7) is 3.14. The van der Waals surface area contributed by atoms with Crippen LogP contribution in [0.3, 0.4) is 0 Å². The predicted molar refractivity (Wildman–Crippen MR) is 102 cm³/mol. The van der Waals surface area contributed by atoms with E-state index in [4.69, 9.17) is 9.73 Å². The molecule has 0 fully saturated rings. The first kappa shape index (κ1) is 16.8. The number of nitrogens with zero attached hydrogens (tertiary/aromatic N) is 1. The number of hydrogen-bond donors (Lipinski definition) is 0. The summed E-state index contributed by atoms with van der Waals surface area (Å²) in [4.78, 5) is 4.76. The topological polar surface area (TPSA) is 21.6 Å². The molecule has 0 saturated carbocycles. The van der Waals surface area contributed by atoms with Gasteiger partial charge in [-0.25, -0.2) is 0 Å². The van der Waals surface area contributed by atoms with Crippen LogP contribution in [-0.2, 0) is 6.42 Å². The number of rotatable bonds is 5. The van der Waals surface area contributed by atoms with Crippen LogP contribution in [0.1, 0.15) is 44.6 Å². The van der Waals surface area contributed by atoms with E-state index < -0.39 is 0 Å². The fraction of sp³-hybridized carbons (Fsp3) is 0.409. The molecule has 0 unspecified atom stereocenters. The lowest BCUT2D eigenvalue weighted by atomic mass is 9.90. The van der Waals surface area contributed by atoms with E-state index in [-0.39, 0.29) is 0 Å². The molecule has 1 aromatic rings. The number of fused-ring (bicyclic) bond motifs is 1. The molecule has 24 heavy (non-hydrogen) atoms. The molecule has 0 spiro atoms. The number of aliphatic imine (C=N–C) groups is 1. The van der Waals surface area contributed by atoms with Crippen molar-refractivity contribution in [3.8, 4) is 5.75 Å². The van der Waals surface area contributed by atoms with Crippen molar-refractivity contribution < 1.29 is 4.74 Å². The minimum Gasteiger partial charge on any atom is -0.496 e. The van der Waals surface area contributed by atoms with Gasteiger partial charge in [0.25, 0.3) is 0 Å². The zero-order valence-electron chi connectivity index (χ0n) is 14.8. The maximum atomic E-state index is 5.48. The monoisotopic (exact) mass is 321 g/mol. The minimum absolute atomic E-state index is 0.963. The molecule has 2 nitrogen and oxygen atoms in total. The third-order valence-corrected chi connectivity index (χ3v) is 4.90. The number of ether oxygens (including phenoxy) is 1. The summed E-state index contributed by atoms with van der Waals surface area (Å²) in [5.41, 5.74) is 7.01. The van der Waals surface area contributed by atoms with Gasteiger partial charge in [-0.05, 0) is 68.2 Å². The van der Waals surface area contributed by atoms with Crippen LogP contribution in [0.4, 0.5) is 0 Å². The molecule has 126 valence electrons. The normalized spacial score (nSPS) is 17.6. The average Bonchev–Trinajstić information content (AvgIpc) is 2.91. The van der Waals surface area contributed by atoms with E-state index in [1.165, 1.54) is 22.4 Å². The van der Waals surface area contributed by atoms with E-state index >= 15 is 0 Å². The van der Waals surface area contributed by atoms with E-state index in [0.717, 1.165) is 50.8 Å². The van der Waals surface area contributed by atoms with E-state index in [1.807, 2.05) is 6.07 Å². The Morgan fingerprint density at radius 2 is 2.04 bits per heavy atom. The van der Waals surface area contributed by atoms with E-state index in [1.54, 1.807) is 12.7 Å². The van der Waals surface area contributed by atoms with Gasteiger partial charge in [0, 0.05) is 12.3 Å². The Morgan fingerprint density at radius 1 is 1.17 bits per heavy atom. The van der Waals surface area contributed by atoms with Gasteiger partial charge in [-0.15, -0.1) is 0 Å². The molecule has 2 heteroatoms. The van der Waals surface area contributed by atoms with Crippen molar-refractivity contribution in [2.24, 2.45) is 4.99 Å². The molecule has 0 amide bonds. The minimum atomic E-state index is 0.963. The lowest BCUT2D eigenvalue weighted by molar-refractivity contribution is 0.409. The number of benzene rings is 1. The van der Waals surface area contributed by atoms with Crippen molar-refractivity contribution in [2.45, 2.75) is 45.4 Å². The summed E-state index contributed by atoms with van der Waals surface area (Å²) in [6.07, 6.45) is 13.5. The van der Waals surface area contributed by atoms with Gasteiger partial charge in [0.15, 0.2) is 0 Å². The van der Waals surface area contributed by atoms with Crippen LogP contribution in [0.15, 0.2) is 64.2 Å². The van der Waals surface area contributed by atoms with Crippen molar-refractivity contribution in [3.63, 3.8) is 0 Å². The van der Waals surface area contributed by atoms with Gasteiger partial charge in [0.1, 0.15) is 5.75 Å². The molecule has 0 saturated heterocycles. The van der Waals surface area contributed by atoms with Crippen molar-refractivity contribution in [1.29, 1.82) is 0 Å². The Morgan fingerprint density at radius 3 is 2.92 bits per heavy atom. The third-order valence-electron chi connectivity index (χ3n) is 4.90.